The van der Waals surface area contributed by atoms with E-state index in [1.165, 1.54) is 0 Å². The summed E-state index contributed by atoms with van der Waals surface area (Å²) in [6.07, 6.45) is 0. The molecule has 0 heterocycles. The van der Waals surface area contributed by atoms with Gasteiger partial charge in [0.05, 0.1) is 12.7 Å². The summed E-state index contributed by atoms with van der Waals surface area (Å²) < 4.78 is 12.0. The number of methoxy groups -OCH3 is 1. The van der Waals surface area contributed by atoms with Gasteiger partial charge in [-0.3, -0.25) is 0 Å². The van der Waals surface area contributed by atoms with Crippen LogP contribution in [-0.4, -0.2) is 13.1 Å². The summed E-state index contributed by atoms with van der Waals surface area (Å²) in [5, 5.41) is 0. The van der Waals surface area contributed by atoms with Crippen molar-refractivity contribution in [1.82, 2.24) is 0 Å². The van der Waals surface area contributed by atoms with Crippen LogP contribution in [0.25, 0.3) is 0 Å². The third kappa shape index (κ3) is 3.98. The molecule has 0 radical (unpaired) electrons. The molecule has 0 unspecified atom stereocenters. The van der Waals surface area contributed by atoms with Crippen LogP contribution in [0.3, 0.4) is 0 Å². The Morgan fingerprint density at radius 2 is 1.86 bits per heavy atom. The van der Waals surface area contributed by atoms with Crippen molar-refractivity contribution in [3.63, 3.8) is 0 Å². The molecule has 0 aliphatic rings. The molecule has 0 aromatic heterocycles. The second-order valence-electron chi connectivity index (χ2n) is 4.27. The number of nitrogens with two attached hydrogens (primary N) is 1. The predicted molar refractivity (Wildman–Crippen MR) is 88.4 cm³/mol. The average molecular weight is 415 g/mol. The van der Waals surface area contributed by atoms with Crippen molar-refractivity contribution in [3.05, 3.63) is 56.5 Å². The number of ether oxygens (including phenoxy) is 2. The van der Waals surface area contributed by atoms with Crippen LogP contribution in [-0.2, 0) is 11.3 Å². The van der Waals surface area contributed by atoms with Crippen LogP contribution in [0.4, 0.5) is 5.69 Å². The van der Waals surface area contributed by atoms with Crippen molar-refractivity contribution in [3.8, 4) is 5.75 Å². The van der Waals surface area contributed by atoms with E-state index < -0.39 is 5.97 Å². The predicted octanol–water partition coefficient (Wildman–Crippen LogP) is 4.16. The lowest BCUT2D eigenvalue weighted by atomic mass is 10.2. The Hall–Kier alpha value is -1.53. The van der Waals surface area contributed by atoms with Gasteiger partial charge in [0.25, 0.3) is 0 Å². The van der Waals surface area contributed by atoms with Crippen LogP contribution < -0.4 is 10.5 Å². The van der Waals surface area contributed by atoms with Crippen molar-refractivity contribution in [2.75, 3.05) is 12.8 Å². The highest BCUT2D eigenvalue weighted by Gasteiger charge is 2.11. The fraction of sp³-hybridized carbons (Fsp3) is 0.133. The quantitative estimate of drug-likeness (QED) is 0.602. The summed E-state index contributed by atoms with van der Waals surface area (Å²) in [5.41, 5.74) is 7.48. The Morgan fingerprint density at radius 1 is 1.14 bits per heavy atom. The molecular formula is C15H13Br2NO3. The first-order valence-corrected chi connectivity index (χ1v) is 7.64. The lowest BCUT2D eigenvalue weighted by Crippen LogP contribution is -2.06. The minimum absolute atomic E-state index is 0.145. The fourth-order valence-electron chi connectivity index (χ4n) is 1.69. The molecule has 2 rings (SSSR count). The van der Waals surface area contributed by atoms with Gasteiger partial charge in [-0.15, -0.1) is 0 Å². The molecule has 0 amide bonds. The lowest BCUT2D eigenvalue weighted by Gasteiger charge is -2.09. The van der Waals surface area contributed by atoms with Gasteiger partial charge < -0.3 is 15.2 Å². The number of anilines is 1. The standard InChI is InChI=1S/C15H13Br2NO3/c1-20-11-3-5-12(16)10(6-11)8-21-15(19)9-2-4-13(17)14(18)7-9/h2-7H,8,18H2,1H3. The Labute approximate surface area is 139 Å². The van der Waals surface area contributed by atoms with Gasteiger partial charge in [-0.1, -0.05) is 15.9 Å². The van der Waals surface area contributed by atoms with Crippen LogP contribution in [0, 0.1) is 0 Å². The van der Waals surface area contributed by atoms with Crippen LogP contribution in [0.1, 0.15) is 15.9 Å². The first-order valence-electron chi connectivity index (χ1n) is 6.06. The van der Waals surface area contributed by atoms with Crippen molar-refractivity contribution >= 4 is 43.5 Å². The van der Waals surface area contributed by atoms with Gasteiger partial charge in [0.15, 0.2) is 0 Å². The number of halogens is 2. The smallest absolute Gasteiger partial charge is 0.338 e. The molecule has 0 aliphatic heterocycles. The zero-order valence-corrected chi connectivity index (χ0v) is 14.4. The highest BCUT2D eigenvalue weighted by molar-refractivity contribution is 9.10. The minimum atomic E-state index is -0.427. The van der Waals surface area contributed by atoms with Crippen LogP contribution in [0.2, 0.25) is 0 Å². The maximum atomic E-state index is 12.0. The average Bonchev–Trinajstić information content (AvgIpc) is 2.49. The first kappa shape index (κ1) is 15.9. The van der Waals surface area contributed by atoms with Crippen molar-refractivity contribution in [1.29, 1.82) is 0 Å². The molecule has 21 heavy (non-hydrogen) atoms. The number of rotatable bonds is 4. The maximum Gasteiger partial charge on any atom is 0.338 e. The number of carbonyl (C=O) groups is 1. The monoisotopic (exact) mass is 413 g/mol. The van der Waals surface area contributed by atoms with E-state index in [1.807, 2.05) is 18.2 Å². The second kappa shape index (κ2) is 6.95. The van der Waals surface area contributed by atoms with Crippen LogP contribution in [0.5, 0.6) is 5.75 Å². The summed E-state index contributed by atoms with van der Waals surface area (Å²) in [6.45, 7) is 0.145. The summed E-state index contributed by atoms with van der Waals surface area (Å²) in [7, 11) is 1.59. The number of carbonyl (C=O) groups excluding carboxylic acids is 1. The van der Waals surface area contributed by atoms with E-state index in [0.717, 1.165) is 14.5 Å². The van der Waals surface area contributed by atoms with Gasteiger partial charge in [0.1, 0.15) is 12.4 Å². The summed E-state index contributed by atoms with van der Waals surface area (Å²) in [4.78, 5) is 12.0. The van der Waals surface area contributed by atoms with Gasteiger partial charge in [0, 0.05) is 20.2 Å². The van der Waals surface area contributed by atoms with E-state index in [9.17, 15) is 4.79 Å². The molecule has 2 aromatic carbocycles. The second-order valence-corrected chi connectivity index (χ2v) is 5.98. The van der Waals surface area contributed by atoms with E-state index in [1.54, 1.807) is 25.3 Å². The summed E-state index contributed by atoms with van der Waals surface area (Å²) in [5.74, 6) is 0.279. The van der Waals surface area contributed by atoms with E-state index in [4.69, 9.17) is 15.2 Å². The zero-order valence-electron chi connectivity index (χ0n) is 11.2. The van der Waals surface area contributed by atoms with Crippen LogP contribution in [0.15, 0.2) is 45.3 Å². The molecule has 0 saturated heterocycles. The number of hydrogen-bond donors (Lipinski definition) is 1. The highest BCUT2D eigenvalue weighted by Crippen LogP contribution is 2.24. The summed E-state index contributed by atoms with van der Waals surface area (Å²) in [6, 6.07) is 10.4. The molecule has 0 atom stereocenters. The molecule has 110 valence electrons. The number of esters is 1. The molecule has 0 bridgehead atoms. The Kier molecular flexibility index (Phi) is 5.25. The first-order chi connectivity index (χ1) is 10.0. The van der Waals surface area contributed by atoms with E-state index in [0.29, 0.717) is 17.0 Å². The molecule has 0 aliphatic carbocycles. The van der Waals surface area contributed by atoms with Crippen molar-refractivity contribution in [2.24, 2.45) is 0 Å². The molecule has 4 nitrogen and oxygen atoms in total. The molecule has 6 heteroatoms. The topological polar surface area (TPSA) is 61.5 Å². The molecule has 2 N–H and O–H groups in total. The number of nitrogen functional groups attached to an aromatic ring is 1. The molecule has 2 aromatic rings. The molecule has 0 spiro atoms. The van der Waals surface area contributed by atoms with Crippen LogP contribution >= 0.6 is 31.9 Å². The Balaban J connectivity index is 2.08. The normalized spacial score (nSPS) is 10.2. The highest BCUT2D eigenvalue weighted by atomic mass is 79.9. The van der Waals surface area contributed by atoms with Gasteiger partial charge in [-0.2, -0.15) is 0 Å². The van der Waals surface area contributed by atoms with E-state index in [2.05, 4.69) is 31.9 Å². The third-order valence-electron chi connectivity index (χ3n) is 2.84. The maximum absolute atomic E-state index is 12.0. The van der Waals surface area contributed by atoms with E-state index in [-0.39, 0.29) is 6.61 Å². The molecule has 0 saturated carbocycles. The Morgan fingerprint density at radius 3 is 2.52 bits per heavy atom. The molecule has 0 fully saturated rings. The van der Waals surface area contributed by atoms with Crippen molar-refractivity contribution < 1.29 is 14.3 Å². The van der Waals surface area contributed by atoms with Gasteiger partial charge in [-0.25, -0.2) is 4.79 Å². The fourth-order valence-corrected chi connectivity index (χ4v) is 2.29. The van der Waals surface area contributed by atoms with E-state index >= 15 is 0 Å². The van der Waals surface area contributed by atoms with Gasteiger partial charge in [-0.05, 0) is 52.3 Å². The number of benzene rings is 2. The Bertz CT molecular complexity index is 674. The molecular weight excluding hydrogens is 402 g/mol. The summed E-state index contributed by atoms with van der Waals surface area (Å²) >= 11 is 6.70. The van der Waals surface area contributed by atoms with Gasteiger partial charge >= 0.3 is 5.97 Å². The zero-order chi connectivity index (χ0) is 15.4. The largest absolute Gasteiger partial charge is 0.497 e. The minimum Gasteiger partial charge on any atom is -0.497 e. The third-order valence-corrected chi connectivity index (χ3v) is 4.34. The SMILES string of the molecule is COc1ccc(Br)c(COC(=O)c2ccc(Br)c(N)c2)c1. The van der Waals surface area contributed by atoms with Crippen molar-refractivity contribution in [2.45, 2.75) is 6.61 Å². The lowest BCUT2D eigenvalue weighted by molar-refractivity contribution is 0.0471. The van der Waals surface area contributed by atoms with Gasteiger partial charge in [0.2, 0.25) is 0 Å². The number of hydrogen-bond acceptors (Lipinski definition) is 4.